The molecule has 0 radical (unpaired) electrons. The van der Waals surface area contributed by atoms with Crippen LogP contribution in [0.5, 0.6) is 5.75 Å². The lowest BCUT2D eigenvalue weighted by atomic mass is 10.0. The summed E-state index contributed by atoms with van der Waals surface area (Å²) in [5.41, 5.74) is 0.771. The smallest absolute Gasteiger partial charge is 0.240 e. The third-order valence-electron chi connectivity index (χ3n) is 2.47. The van der Waals surface area contributed by atoms with Gasteiger partial charge in [-0.15, -0.1) is 0 Å². The van der Waals surface area contributed by atoms with Crippen molar-refractivity contribution >= 4 is 0 Å². The summed E-state index contributed by atoms with van der Waals surface area (Å²) >= 11 is 0. The molecule has 0 aliphatic heterocycles. The third kappa shape index (κ3) is 2.70. The Hall–Kier alpha value is -1.62. The lowest BCUT2D eigenvalue weighted by molar-refractivity contribution is -0.531. The van der Waals surface area contributed by atoms with Gasteiger partial charge in [0.1, 0.15) is 11.9 Å². The fourth-order valence-electron chi connectivity index (χ4n) is 1.52. The van der Waals surface area contributed by atoms with Crippen LogP contribution in [-0.4, -0.2) is 25.2 Å². The molecule has 0 amide bonds. The second-order valence-corrected chi connectivity index (χ2v) is 3.46. The first-order valence-corrected chi connectivity index (χ1v) is 4.90. The van der Waals surface area contributed by atoms with Crippen molar-refractivity contribution in [2.45, 2.75) is 19.1 Å². The highest BCUT2D eigenvalue weighted by Gasteiger charge is 2.27. The topological polar surface area (TPSA) is 61.6 Å². The zero-order valence-corrected chi connectivity index (χ0v) is 9.54. The molecule has 1 rings (SSSR count). The number of hydrogen-bond acceptors (Lipinski definition) is 4. The minimum atomic E-state index is -0.779. The minimum absolute atomic E-state index is 0.349. The van der Waals surface area contributed by atoms with Crippen LogP contribution in [0.25, 0.3) is 0 Å². The molecule has 2 atom stereocenters. The van der Waals surface area contributed by atoms with Crippen molar-refractivity contribution in [1.29, 1.82) is 0 Å². The van der Waals surface area contributed by atoms with E-state index in [0.717, 1.165) is 5.56 Å². The van der Waals surface area contributed by atoms with Crippen LogP contribution in [0.4, 0.5) is 0 Å². The average Bonchev–Trinajstić information content (AvgIpc) is 2.30. The predicted octanol–water partition coefficient (Wildman–Crippen LogP) is 2.05. The van der Waals surface area contributed by atoms with Gasteiger partial charge in [-0.1, -0.05) is 12.1 Å². The Morgan fingerprint density at radius 2 is 1.81 bits per heavy atom. The molecule has 0 N–H and O–H groups in total. The Morgan fingerprint density at radius 1 is 1.25 bits per heavy atom. The van der Waals surface area contributed by atoms with Crippen LogP contribution < -0.4 is 4.74 Å². The molecule has 5 nitrogen and oxygen atoms in total. The second kappa shape index (κ2) is 5.46. The maximum Gasteiger partial charge on any atom is 0.240 e. The largest absolute Gasteiger partial charge is 0.497 e. The van der Waals surface area contributed by atoms with E-state index >= 15 is 0 Å². The van der Waals surface area contributed by atoms with E-state index in [4.69, 9.17) is 9.47 Å². The lowest BCUT2D eigenvalue weighted by Gasteiger charge is -2.17. The molecule has 0 aromatic heterocycles. The SMILES string of the molecule is COc1ccc(C(OC)C(C)[N+](=O)[O-])cc1. The van der Waals surface area contributed by atoms with Gasteiger partial charge in [-0.2, -0.15) is 0 Å². The zero-order valence-electron chi connectivity index (χ0n) is 9.54. The first kappa shape index (κ1) is 12.4. The average molecular weight is 225 g/mol. The van der Waals surface area contributed by atoms with E-state index in [0.29, 0.717) is 5.75 Å². The molecule has 0 aliphatic rings. The van der Waals surface area contributed by atoms with Crippen LogP contribution >= 0.6 is 0 Å². The normalized spacial score (nSPS) is 14.2. The Labute approximate surface area is 94.1 Å². The standard InChI is InChI=1S/C11H15NO4/c1-8(12(13)14)11(16-3)9-4-6-10(15-2)7-5-9/h4-8,11H,1-3H3. The van der Waals surface area contributed by atoms with Gasteiger partial charge >= 0.3 is 0 Å². The molecule has 1 aromatic carbocycles. The molecule has 0 fully saturated rings. The van der Waals surface area contributed by atoms with Gasteiger partial charge in [-0.05, 0) is 17.7 Å². The molecule has 0 aliphatic carbocycles. The van der Waals surface area contributed by atoms with Crippen LogP contribution in [-0.2, 0) is 4.74 Å². The molecule has 88 valence electrons. The summed E-state index contributed by atoms with van der Waals surface area (Å²) in [5.74, 6) is 0.715. The van der Waals surface area contributed by atoms with Crippen LogP contribution in [0.3, 0.4) is 0 Å². The molecule has 0 heterocycles. The number of methoxy groups -OCH3 is 2. The van der Waals surface area contributed by atoms with E-state index in [1.54, 1.807) is 31.4 Å². The predicted molar refractivity (Wildman–Crippen MR) is 59.2 cm³/mol. The maximum absolute atomic E-state index is 10.7. The first-order valence-electron chi connectivity index (χ1n) is 4.90. The van der Waals surface area contributed by atoms with Crippen molar-refractivity contribution in [2.24, 2.45) is 0 Å². The van der Waals surface area contributed by atoms with E-state index in [-0.39, 0.29) is 4.92 Å². The highest BCUT2D eigenvalue weighted by atomic mass is 16.6. The Morgan fingerprint density at radius 3 is 2.19 bits per heavy atom. The fourth-order valence-corrected chi connectivity index (χ4v) is 1.52. The number of nitro groups is 1. The molecule has 0 bridgehead atoms. The quantitative estimate of drug-likeness (QED) is 0.568. The van der Waals surface area contributed by atoms with Crippen molar-refractivity contribution in [2.75, 3.05) is 14.2 Å². The van der Waals surface area contributed by atoms with Crippen molar-refractivity contribution in [1.82, 2.24) is 0 Å². The van der Waals surface area contributed by atoms with Crippen LogP contribution in [0, 0.1) is 10.1 Å². The molecule has 2 unspecified atom stereocenters. The van der Waals surface area contributed by atoms with E-state index in [1.807, 2.05) is 0 Å². The number of rotatable bonds is 5. The monoisotopic (exact) mass is 225 g/mol. The second-order valence-electron chi connectivity index (χ2n) is 3.46. The third-order valence-corrected chi connectivity index (χ3v) is 2.47. The molecule has 16 heavy (non-hydrogen) atoms. The summed E-state index contributed by atoms with van der Waals surface area (Å²) in [4.78, 5) is 10.3. The van der Waals surface area contributed by atoms with Crippen molar-refractivity contribution in [3.05, 3.63) is 39.9 Å². The molecular weight excluding hydrogens is 210 g/mol. The van der Waals surface area contributed by atoms with Gasteiger partial charge in [0.25, 0.3) is 0 Å². The highest BCUT2D eigenvalue weighted by molar-refractivity contribution is 5.28. The van der Waals surface area contributed by atoms with Crippen molar-refractivity contribution in [3.8, 4) is 5.75 Å². The van der Waals surface area contributed by atoms with E-state index < -0.39 is 12.1 Å². The number of ether oxygens (including phenoxy) is 2. The van der Waals surface area contributed by atoms with Gasteiger partial charge in [-0.25, -0.2) is 0 Å². The molecular formula is C11H15NO4. The summed E-state index contributed by atoms with van der Waals surface area (Å²) in [5, 5.41) is 10.7. The number of nitrogens with zero attached hydrogens (tertiary/aromatic N) is 1. The van der Waals surface area contributed by atoms with Crippen LogP contribution in [0.2, 0.25) is 0 Å². The number of benzene rings is 1. The molecule has 1 aromatic rings. The van der Waals surface area contributed by atoms with E-state index in [1.165, 1.54) is 14.0 Å². The van der Waals surface area contributed by atoms with Gasteiger partial charge in [-0.3, -0.25) is 10.1 Å². The zero-order chi connectivity index (χ0) is 12.1. The number of hydrogen-bond donors (Lipinski definition) is 0. The van der Waals surface area contributed by atoms with E-state index in [9.17, 15) is 10.1 Å². The molecule has 0 spiro atoms. The fraction of sp³-hybridized carbons (Fsp3) is 0.455. The van der Waals surface area contributed by atoms with Crippen LogP contribution in [0.1, 0.15) is 18.6 Å². The van der Waals surface area contributed by atoms with Crippen LogP contribution in [0.15, 0.2) is 24.3 Å². The first-order chi connectivity index (χ1) is 7.60. The minimum Gasteiger partial charge on any atom is -0.497 e. The van der Waals surface area contributed by atoms with Crippen molar-refractivity contribution < 1.29 is 14.4 Å². The summed E-state index contributed by atoms with van der Waals surface area (Å²) in [7, 11) is 3.04. The lowest BCUT2D eigenvalue weighted by Crippen LogP contribution is -2.25. The van der Waals surface area contributed by atoms with Gasteiger partial charge in [0.15, 0.2) is 0 Å². The highest BCUT2D eigenvalue weighted by Crippen LogP contribution is 2.24. The van der Waals surface area contributed by atoms with Gasteiger partial charge < -0.3 is 9.47 Å². The van der Waals surface area contributed by atoms with Gasteiger partial charge in [0, 0.05) is 19.0 Å². The molecule has 0 saturated heterocycles. The Balaban J connectivity index is 2.90. The Kier molecular flexibility index (Phi) is 4.25. The summed E-state index contributed by atoms with van der Waals surface area (Å²) in [6.07, 6.45) is -0.541. The van der Waals surface area contributed by atoms with Gasteiger partial charge in [0.05, 0.1) is 7.11 Å². The van der Waals surface area contributed by atoms with Gasteiger partial charge in [0.2, 0.25) is 6.04 Å². The molecule has 0 saturated carbocycles. The summed E-state index contributed by atoms with van der Waals surface area (Å²) in [6, 6.07) is 6.28. The maximum atomic E-state index is 10.7. The Bertz CT molecular complexity index is 350. The van der Waals surface area contributed by atoms with E-state index in [2.05, 4.69) is 0 Å². The molecule has 5 heteroatoms. The summed E-state index contributed by atoms with van der Waals surface area (Å²) in [6.45, 7) is 1.53. The van der Waals surface area contributed by atoms with Crippen molar-refractivity contribution in [3.63, 3.8) is 0 Å². The summed E-state index contributed by atoms with van der Waals surface area (Å²) < 4.78 is 10.2.